The van der Waals surface area contributed by atoms with Crippen LogP contribution in [0.1, 0.15) is 48.5 Å². The quantitative estimate of drug-likeness (QED) is 0.307. The third kappa shape index (κ3) is 6.02. The summed E-state index contributed by atoms with van der Waals surface area (Å²) >= 11 is 2.37. The highest BCUT2D eigenvalue weighted by Crippen LogP contribution is 2.32. The van der Waals surface area contributed by atoms with Crippen LogP contribution in [0, 0.1) is 0 Å². The van der Waals surface area contributed by atoms with Crippen molar-refractivity contribution in [1.82, 2.24) is 0 Å². The predicted molar refractivity (Wildman–Crippen MR) is 82.4 cm³/mol. The molecular formula is C14H25IO2. The molecule has 0 saturated carbocycles. The fraction of sp³-hybridized carbons (Fsp3) is 0.714. The van der Waals surface area contributed by atoms with Crippen LogP contribution in [0.15, 0.2) is 23.8 Å². The summed E-state index contributed by atoms with van der Waals surface area (Å²) in [7, 11) is 0. The Bertz CT molecular complexity index is 289. The van der Waals surface area contributed by atoms with Crippen molar-refractivity contribution in [3.05, 3.63) is 23.8 Å². The maximum atomic E-state index is 5.56. The van der Waals surface area contributed by atoms with E-state index >= 15 is 0 Å². The van der Waals surface area contributed by atoms with Gasteiger partial charge in [-0.1, -0.05) is 54.2 Å². The lowest BCUT2D eigenvalue weighted by Gasteiger charge is -2.33. The second-order valence-corrected chi connectivity index (χ2v) is 6.45. The molecule has 0 saturated heterocycles. The van der Waals surface area contributed by atoms with Crippen molar-refractivity contribution in [3.8, 4) is 0 Å². The van der Waals surface area contributed by atoms with E-state index in [0.29, 0.717) is 3.92 Å². The van der Waals surface area contributed by atoms with Crippen LogP contribution >= 0.6 is 22.6 Å². The molecule has 1 aliphatic carbocycles. The topological polar surface area (TPSA) is 18.5 Å². The van der Waals surface area contributed by atoms with Crippen molar-refractivity contribution in [3.63, 3.8) is 0 Å². The molecule has 3 heteroatoms. The first-order chi connectivity index (χ1) is 7.73. The van der Waals surface area contributed by atoms with E-state index in [-0.39, 0.29) is 11.2 Å². The molecule has 1 rings (SSSR count). The summed E-state index contributed by atoms with van der Waals surface area (Å²) in [5.74, 6) is 0. The van der Waals surface area contributed by atoms with Gasteiger partial charge in [0.05, 0.1) is 9.53 Å². The highest BCUT2D eigenvalue weighted by atomic mass is 127. The number of hydrogen-bond acceptors (Lipinski definition) is 2. The minimum Gasteiger partial charge on any atom is -0.230 e. The van der Waals surface area contributed by atoms with Gasteiger partial charge in [-0.2, -0.15) is 0 Å². The van der Waals surface area contributed by atoms with E-state index in [4.69, 9.17) is 9.78 Å². The molecule has 0 N–H and O–H groups in total. The standard InChI is InChI=1S/C12H19IO2.C2H6/c1-9-6-7-12(5,10(13)8-9)15-14-11(2,3)4;1-2/h6-8,10H,1-5H3;1-2H3. The molecule has 0 bridgehead atoms. The van der Waals surface area contributed by atoms with E-state index in [2.05, 4.69) is 47.7 Å². The fourth-order valence-corrected chi connectivity index (χ4v) is 2.01. The van der Waals surface area contributed by atoms with Crippen molar-refractivity contribution in [2.75, 3.05) is 0 Å². The first-order valence-corrected chi connectivity index (χ1v) is 7.36. The Hall–Kier alpha value is 0.130. The van der Waals surface area contributed by atoms with Gasteiger partial charge in [0.25, 0.3) is 0 Å². The zero-order chi connectivity index (χ0) is 13.7. The van der Waals surface area contributed by atoms with Crippen LogP contribution in [0.2, 0.25) is 0 Å². The molecule has 0 fully saturated rings. The Balaban J connectivity index is 0.00000121. The first kappa shape index (κ1) is 17.1. The summed E-state index contributed by atoms with van der Waals surface area (Å²) in [6, 6.07) is 0. The van der Waals surface area contributed by atoms with E-state index in [9.17, 15) is 0 Å². The van der Waals surface area contributed by atoms with Crippen LogP contribution in [-0.2, 0) is 9.78 Å². The predicted octanol–water partition coefficient (Wildman–Crippen LogP) is 4.84. The Morgan fingerprint density at radius 3 is 2.24 bits per heavy atom. The highest BCUT2D eigenvalue weighted by Gasteiger charge is 2.34. The molecule has 0 heterocycles. The number of rotatable bonds is 2. The molecule has 0 spiro atoms. The van der Waals surface area contributed by atoms with Crippen molar-refractivity contribution in [1.29, 1.82) is 0 Å². The lowest BCUT2D eigenvalue weighted by Crippen LogP contribution is -2.39. The van der Waals surface area contributed by atoms with E-state index in [1.54, 1.807) is 0 Å². The average Bonchev–Trinajstić information content (AvgIpc) is 2.24. The third-order valence-electron chi connectivity index (χ3n) is 2.11. The van der Waals surface area contributed by atoms with Crippen LogP contribution in [0.5, 0.6) is 0 Å². The van der Waals surface area contributed by atoms with Crippen LogP contribution in [0.3, 0.4) is 0 Å². The average molecular weight is 352 g/mol. The zero-order valence-electron chi connectivity index (χ0n) is 12.0. The minimum absolute atomic E-state index is 0.274. The molecule has 0 aromatic heterocycles. The Morgan fingerprint density at radius 1 is 1.29 bits per heavy atom. The third-order valence-corrected chi connectivity index (χ3v) is 3.70. The van der Waals surface area contributed by atoms with E-state index in [1.807, 2.05) is 41.5 Å². The van der Waals surface area contributed by atoms with Crippen molar-refractivity contribution >= 4 is 22.6 Å². The molecule has 2 nitrogen and oxygen atoms in total. The van der Waals surface area contributed by atoms with Crippen LogP contribution in [-0.4, -0.2) is 15.1 Å². The second-order valence-electron chi connectivity index (χ2n) is 5.11. The minimum atomic E-state index is -0.368. The Labute approximate surface area is 120 Å². The van der Waals surface area contributed by atoms with Gasteiger partial charge in [-0.05, 0) is 40.7 Å². The van der Waals surface area contributed by atoms with Gasteiger partial charge in [-0.25, -0.2) is 9.78 Å². The summed E-state index contributed by atoms with van der Waals surface area (Å²) in [4.78, 5) is 10.9. The molecule has 0 aromatic rings. The molecule has 0 aromatic carbocycles. The van der Waals surface area contributed by atoms with Gasteiger partial charge in [-0.15, -0.1) is 0 Å². The smallest absolute Gasteiger partial charge is 0.134 e. The maximum absolute atomic E-state index is 5.56. The molecule has 100 valence electrons. The van der Waals surface area contributed by atoms with Crippen LogP contribution in [0.25, 0.3) is 0 Å². The van der Waals surface area contributed by atoms with E-state index in [1.165, 1.54) is 5.57 Å². The monoisotopic (exact) mass is 352 g/mol. The van der Waals surface area contributed by atoms with Gasteiger partial charge in [0, 0.05) is 0 Å². The summed E-state index contributed by atoms with van der Waals surface area (Å²) in [5.41, 5.74) is 0.628. The van der Waals surface area contributed by atoms with Gasteiger partial charge in [-0.3, -0.25) is 0 Å². The molecule has 0 aliphatic heterocycles. The van der Waals surface area contributed by atoms with Crippen LogP contribution < -0.4 is 0 Å². The van der Waals surface area contributed by atoms with Gasteiger partial charge in [0.1, 0.15) is 5.60 Å². The summed E-state index contributed by atoms with van der Waals surface area (Å²) in [6.07, 6.45) is 6.32. The molecular weight excluding hydrogens is 327 g/mol. The van der Waals surface area contributed by atoms with Gasteiger partial charge in [0.15, 0.2) is 0 Å². The highest BCUT2D eigenvalue weighted by molar-refractivity contribution is 14.1. The molecule has 0 radical (unpaired) electrons. The van der Waals surface area contributed by atoms with Crippen molar-refractivity contribution < 1.29 is 9.78 Å². The van der Waals surface area contributed by atoms with Gasteiger partial charge < -0.3 is 0 Å². The Morgan fingerprint density at radius 2 is 1.82 bits per heavy atom. The molecule has 1 aliphatic rings. The second kappa shape index (κ2) is 6.90. The van der Waals surface area contributed by atoms with Gasteiger partial charge in [0.2, 0.25) is 0 Å². The maximum Gasteiger partial charge on any atom is 0.134 e. The normalized spacial score (nSPS) is 28.2. The summed E-state index contributed by atoms with van der Waals surface area (Å²) in [5, 5.41) is 0. The molecule has 17 heavy (non-hydrogen) atoms. The number of hydrogen-bond donors (Lipinski definition) is 0. The molecule has 2 unspecified atom stereocenters. The van der Waals surface area contributed by atoms with Crippen LogP contribution in [0.4, 0.5) is 0 Å². The van der Waals surface area contributed by atoms with Gasteiger partial charge >= 0.3 is 0 Å². The van der Waals surface area contributed by atoms with Crippen molar-refractivity contribution in [2.45, 2.75) is 63.6 Å². The zero-order valence-corrected chi connectivity index (χ0v) is 14.2. The number of halogens is 1. The first-order valence-electron chi connectivity index (χ1n) is 6.11. The fourth-order valence-electron chi connectivity index (χ4n) is 1.13. The largest absolute Gasteiger partial charge is 0.230 e. The molecule has 2 atom stereocenters. The molecule has 0 amide bonds. The Kier molecular flexibility index (Phi) is 6.95. The van der Waals surface area contributed by atoms with E-state index < -0.39 is 0 Å². The lowest BCUT2D eigenvalue weighted by molar-refractivity contribution is -0.387. The summed E-state index contributed by atoms with van der Waals surface area (Å²) < 4.78 is 0.294. The number of alkyl halides is 1. The SMILES string of the molecule is CC.CC1=CC(I)C(C)(OOC(C)(C)C)C=C1. The number of allylic oxidation sites excluding steroid dienone is 2. The van der Waals surface area contributed by atoms with E-state index in [0.717, 1.165) is 0 Å². The lowest BCUT2D eigenvalue weighted by atomic mass is 9.95. The summed E-state index contributed by atoms with van der Waals surface area (Å²) in [6.45, 7) is 14.1. The van der Waals surface area contributed by atoms with Crippen molar-refractivity contribution in [2.24, 2.45) is 0 Å².